The minimum absolute atomic E-state index is 0.00716. The maximum absolute atomic E-state index is 13.4. The molecule has 32 heavy (non-hydrogen) atoms. The molecule has 1 heterocycles. The van der Waals surface area contributed by atoms with E-state index in [0.717, 1.165) is 17.5 Å². The lowest BCUT2D eigenvalue weighted by atomic mass is 9.87. The molecule has 1 unspecified atom stereocenters. The molecule has 4 rings (SSSR count). The first-order chi connectivity index (χ1) is 15.5. The number of ether oxygens (including phenoxy) is 1. The number of fused-ring (bicyclic) bond motifs is 1. The van der Waals surface area contributed by atoms with E-state index < -0.39 is 0 Å². The van der Waals surface area contributed by atoms with E-state index >= 15 is 0 Å². The van der Waals surface area contributed by atoms with Crippen molar-refractivity contribution in [3.8, 4) is 5.75 Å². The molecule has 2 amide bonds. The predicted molar refractivity (Wildman–Crippen MR) is 125 cm³/mol. The van der Waals surface area contributed by atoms with Crippen LogP contribution in [-0.4, -0.2) is 35.9 Å². The molecule has 0 fully saturated rings. The van der Waals surface area contributed by atoms with Crippen LogP contribution in [0.15, 0.2) is 78.9 Å². The van der Waals surface area contributed by atoms with E-state index in [-0.39, 0.29) is 30.5 Å². The first kappa shape index (κ1) is 21.6. The number of hydrogen-bond donors (Lipinski definition) is 1. The van der Waals surface area contributed by atoms with Gasteiger partial charge in [0.15, 0.2) is 6.61 Å². The van der Waals surface area contributed by atoms with E-state index in [1.54, 1.807) is 0 Å². The maximum Gasteiger partial charge on any atom is 0.258 e. The van der Waals surface area contributed by atoms with Crippen LogP contribution in [0.25, 0.3) is 0 Å². The fourth-order valence-electron chi connectivity index (χ4n) is 4.16. The van der Waals surface area contributed by atoms with Gasteiger partial charge in [0.2, 0.25) is 0 Å². The van der Waals surface area contributed by atoms with Crippen molar-refractivity contribution in [1.29, 1.82) is 0 Å². The second-order valence-corrected chi connectivity index (χ2v) is 8.30. The Balaban J connectivity index is 1.67. The van der Waals surface area contributed by atoms with Gasteiger partial charge in [-0.05, 0) is 61.2 Å². The Bertz CT molecular complexity index is 1080. The summed E-state index contributed by atoms with van der Waals surface area (Å²) in [5.74, 6) is 0.476. The maximum atomic E-state index is 13.4. The van der Waals surface area contributed by atoms with Crippen LogP contribution in [0.5, 0.6) is 5.75 Å². The smallest absolute Gasteiger partial charge is 0.258 e. The summed E-state index contributed by atoms with van der Waals surface area (Å²) in [6, 6.07) is 25.2. The summed E-state index contributed by atoms with van der Waals surface area (Å²) >= 11 is 0. The summed E-state index contributed by atoms with van der Waals surface area (Å²) in [5, 5.41) is 2.83. The number of nitrogens with zero attached hydrogens (tertiary/aromatic N) is 1. The van der Waals surface area contributed by atoms with Crippen molar-refractivity contribution in [3.05, 3.63) is 101 Å². The van der Waals surface area contributed by atoms with Gasteiger partial charge in [0.1, 0.15) is 5.75 Å². The van der Waals surface area contributed by atoms with Gasteiger partial charge in [0.25, 0.3) is 11.8 Å². The lowest BCUT2D eigenvalue weighted by molar-refractivity contribution is -0.123. The van der Waals surface area contributed by atoms with Crippen molar-refractivity contribution in [2.75, 3.05) is 13.2 Å². The highest BCUT2D eigenvalue weighted by molar-refractivity contribution is 5.95. The number of amides is 2. The van der Waals surface area contributed by atoms with Crippen molar-refractivity contribution in [2.24, 2.45) is 0 Å². The Hall–Kier alpha value is -3.60. The fourth-order valence-corrected chi connectivity index (χ4v) is 4.16. The number of hydrogen-bond acceptors (Lipinski definition) is 3. The highest BCUT2D eigenvalue weighted by atomic mass is 16.5. The summed E-state index contributed by atoms with van der Waals surface area (Å²) in [7, 11) is 0. The van der Waals surface area contributed by atoms with Crippen molar-refractivity contribution in [2.45, 2.75) is 32.4 Å². The first-order valence-corrected chi connectivity index (χ1v) is 11.0. The van der Waals surface area contributed by atoms with Gasteiger partial charge in [-0.15, -0.1) is 0 Å². The van der Waals surface area contributed by atoms with Crippen LogP contribution < -0.4 is 10.1 Å². The third kappa shape index (κ3) is 4.83. The largest absolute Gasteiger partial charge is 0.484 e. The van der Waals surface area contributed by atoms with E-state index in [1.165, 1.54) is 5.56 Å². The molecule has 5 heteroatoms. The number of carbonyl (C=O) groups excluding carboxylic acids is 2. The highest BCUT2D eigenvalue weighted by Gasteiger charge is 2.32. The second-order valence-electron chi connectivity index (χ2n) is 8.30. The predicted octanol–water partition coefficient (Wildman–Crippen LogP) is 4.38. The van der Waals surface area contributed by atoms with Gasteiger partial charge in [-0.2, -0.15) is 0 Å². The molecule has 0 aromatic heterocycles. The molecular weight excluding hydrogens is 400 g/mol. The molecule has 1 aliphatic rings. The van der Waals surface area contributed by atoms with Crippen molar-refractivity contribution < 1.29 is 14.3 Å². The van der Waals surface area contributed by atoms with Crippen LogP contribution in [0.4, 0.5) is 0 Å². The standard InChI is InChI=1S/C27H28N2O3/c1-19(2)28-25(30)18-32-23-14-13-20-15-16-29(27(31)22-11-7-4-8-12-22)26(24(20)17-23)21-9-5-3-6-10-21/h3-14,17,19,26H,15-16,18H2,1-2H3,(H,28,30). The summed E-state index contributed by atoms with van der Waals surface area (Å²) in [5.41, 5.74) is 3.95. The van der Waals surface area contributed by atoms with Crippen LogP contribution >= 0.6 is 0 Å². The number of carbonyl (C=O) groups is 2. The topological polar surface area (TPSA) is 58.6 Å². The summed E-state index contributed by atoms with van der Waals surface area (Å²) in [4.78, 5) is 27.4. The average Bonchev–Trinajstić information content (AvgIpc) is 2.82. The van der Waals surface area contributed by atoms with Crippen molar-refractivity contribution >= 4 is 11.8 Å². The first-order valence-electron chi connectivity index (χ1n) is 11.0. The zero-order chi connectivity index (χ0) is 22.5. The van der Waals surface area contributed by atoms with Gasteiger partial charge in [-0.3, -0.25) is 9.59 Å². The van der Waals surface area contributed by atoms with Gasteiger partial charge >= 0.3 is 0 Å². The molecule has 3 aromatic rings. The molecule has 1 aliphatic heterocycles. The second kappa shape index (κ2) is 9.69. The van der Waals surface area contributed by atoms with Crippen molar-refractivity contribution in [3.63, 3.8) is 0 Å². The molecule has 1 atom stereocenters. The van der Waals surface area contributed by atoms with E-state index in [1.807, 2.05) is 85.5 Å². The van der Waals surface area contributed by atoms with Crippen molar-refractivity contribution in [1.82, 2.24) is 10.2 Å². The van der Waals surface area contributed by atoms with E-state index in [0.29, 0.717) is 17.9 Å². The van der Waals surface area contributed by atoms with Gasteiger partial charge in [0, 0.05) is 18.2 Å². The summed E-state index contributed by atoms with van der Waals surface area (Å²) < 4.78 is 5.78. The van der Waals surface area contributed by atoms with E-state index in [2.05, 4.69) is 17.4 Å². The molecule has 0 saturated heterocycles. The molecule has 1 N–H and O–H groups in total. The average molecular weight is 429 g/mol. The molecule has 0 radical (unpaired) electrons. The minimum atomic E-state index is -0.222. The lowest BCUT2D eigenvalue weighted by Gasteiger charge is -2.38. The minimum Gasteiger partial charge on any atom is -0.484 e. The number of rotatable bonds is 6. The normalized spacial score (nSPS) is 15.2. The monoisotopic (exact) mass is 428 g/mol. The summed E-state index contributed by atoms with van der Waals surface area (Å²) in [6.07, 6.45) is 0.769. The third-order valence-electron chi connectivity index (χ3n) is 5.56. The SMILES string of the molecule is CC(C)NC(=O)COc1ccc2c(c1)C(c1ccccc1)N(C(=O)c1ccccc1)CC2. The van der Waals surface area contributed by atoms with Gasteiger partial charge in [-0.1, -0.05) is 54.6 Å². The Morgan fingerprint density at radius 3 is 2.38 bits per heavy atom. The molecule has 3 aromatic carbocycles. The van der Waals surface area contributed by atoms with E-state index in [9.17, 15) is 9.59 Å². The molecule has 5 nitrogen and oxygen atoms in total. The molecule has 0 aliphatic carbocycles. The molecule has 164 valence electrons. The van der Waals surface area contributed by atoms with Gasteiger partial charge < -0.3 is 15.0 Å². The molecule has 0 saturated carbocycles. The highest BCUT2D eigenvalue weighted by Crippen LogP contribution is 2.37. The molecular formula is C27H28N2O3. The Morgan fingerprint density at radius 1 is 1.00 bits per heavy atom. The van der Waals surface area contributed by atoms with Crippen LogP contribution in [0, 0.1) is 0 Å². The fraction of sp³-hybridized carbons (Fsp3) is 0.259. The lowest BCUT2D eigenvalue weighted by Crippen LogP contribution is -2.40. The molecule has 0 bridgehead atoms. The van der Waals surface area contributed by atoms with Crippen LogP contribution in [0.3, 0.4) is 0 Å². The van der Waals surface area contributed by atoms with Crippen LogP contribution in [0.2, 0.25) is 0 Å². The van der Waals surface area contributed by atoms with Gasteiger partial charge in [0.05, 0.1) is 6.04 Å². The van der Waals surface area contributed by atoms with Crippen LogP contribution in [-0.2, 0) is 11.2 Å². The Morgan fingerprint density at radius 2 is 1.69 bits per heavy atom. The molecule has 0 spiro atoms. The Kier molecular flexibility index (Phi) is 6.55. The van der Waals surface area contributed by atoms with Crippen LogP contribution in [0.1, 0.15) is 46.9 Å². The number of nitrogens with one attached hydrogen (secondary N) is 1. The van der Waals surface area contributed by atoms with E-state index in [4.69, 9.17) is 4.74 Å². The number of benzene rings is 3. The summed E-state index contributed by atoms with van der Waals surface area (Å²) in [6.45, 7) is 4.43. The zero-order valence-electron chi connectivity index (χ0n) is 18.5. The zero-order valence-corrected chi connectivity index (χ0v) is 18.5. The Labute approximate surface area is 189 Å². The van der Waals surface area contributed by atoms with Gasteiger partial charge in [-0.25, -0.2) is 0 Å². The third-order valence-corrected chi connectivity index (χ3v) is 5.56. The quantitative estimate of drug-likeness (QED) is 0.634.